The monoisotopic (exact) mass is 439 g/mol. The Balaban J connectivity index is 1.59. The molecule has 5 aromatic carbocycles. The SMILES string of the molecule is CCn1c2ccccc2c2cc(C=NN(c3ccccc3)c3ccccc3)c3ccccc3c21. The van der Waals surface area contributed by atoms with Gasteiger partial charge in [-0.15, -0.1) is 0 Å². The number of hydrogen-bond donors (Lipinski definition) is 0. The highest BCUT2D eigenvalue weighted by Gasteiger charge is 2.15. The normalized spacial score (nSPS) is 11.7. The van der Waals surface area contributed by atoms with Crippen LogP contribution in [0.1, 0.15) is 12.5 Å². The summed E-state index contributed by atoms with van der Waals surface area (Å²) in [4.78, 5) is 0. The van der Waals surface area contributed by atoms with E-state index in [1.54, 1.807) is 0 Å². The summed E-state index contributed by atoms with van der Waals surface area (Å²) >= 11 is 0. The van der Waals surface area contributed by atoms with Crippen LogP contribution in [0.3, 0.4) is 0 Å². The van der Waals surface area contributed by atoms with E-state index in [1.807, 2.05) is 47.6 Å². The third kappa shape index (κ3) is 3.34. The summed E-state index contributed by atoms with van der Waals surface area (Å²) in [7, 11) is 0. The van der Waals surface area contributed by atoms with Crippen LogP contribution < -0.4 is 5.01 Å². The van der Waals surface area contributed by atoms with Gasteiger partial charge in [-0.2, -0.15) is 5.10 Å². The van der Waals surface area contributed by atoms with Gasteiger partial charge in [0.25, 0.3) is 0 Å². The van der Waals surface area contributed by atoms with Gasteiger partial charge in [0, 0.05) is 33.8 Å². The number of fused-ring (bicyclic) bond motifs is 5. The van der Waals surface area contributed by atoms with E-state index in [-0.39, 0.29) is 0 Å². The van der Waals surface area contributed by atoms with Crippen LogP contribution in [0.2, 0.25) is 0 Å². The third-order valence-electron chi connectivity index (χ3n) is 6.43. The summed E-state index contributed by atoms with van der Waals surface area (Å²) < 4.78 is 2.42. The molecule has 0 atom stereocenters. The highest BCUT2D eigenvalue weighted by molar-refractivity contribution is 6.21. The number of aromatic nitrogens is 1. The molecule has 3 heteroatoms. The summed E-state index contributed by atoms with van der Waals surface area (Å²) in [6.07, 6.45) is 2.00. The van der Waals surface area contributed by atoms with Crippen LogP contribution in [-0.2, 0) is 6.54 Å². The molecule has 0 amide bonds. The number of hydrogen-bond acceptors (Lipinski definition) is 2. The van der Waals surface area contributed by atoms with Gasteiger partial charge < -0.3 is 4.57 Å². The van der Waals surface area contributed by atoms with Crippen molar-refractivity contribution < 1.29 is 0 Å². The molecule has 1 aromatic heterocycles. The van der Waals surface area contributed by atoms with Crippen molar-refractivity contribution in [3.05, 3.63) is 121 Å². The molecule has 6 rings (SSSR count). The van der Waals surface area contributed by atoms with Crippen LogP contribution >= 0.6 is 0 Å². The standard InChI is InChI=1S/C31H25N3/c1-2-33-30-20-12-11-18-27(30)29-21-23(26-17-9-10-19-28(26)31(29)33)22-32-34(24-13-5-3-6-14-24)25-15-7-4-8-16-25/h3-22H,2H2,1H3. The van der Waals surface area contributed by atoms with Crippen molar-refractivity contribution in [1.29, 1.82) is 0 Å². The number of para-hydroxylation sites is 3. The second-order valence-corrected chi connectivity index (χ2v) is 8.40. The van der Waals surface area contributed by atoms with Gasteiger partial charge in [0.15, 0.2) is 0 Å². The Bertz CT molecular complexity index is 1590. The zero-order chi connectivity index (χ0) is 22.9. The number of aryl methyl sites for hydroxylation is 1. The lowest BCUT2D eigenvalue weighted by Gasteiger charge is -2.19. The maximum absolute atomic E-state index is 5.00. The van der Waals surface area contributed by atoms with E-state index in [0.717, 1.165) is 23.5 Å². The second kappa shape index (κ2) is 8.53. The average molecular weight is 440 g/mol. The smallest absolute Gasteiger partial charge is 0.0652 e. The average Bonchev–Trinajstić information content (AvgIpc) is 3.24. The lowest BCUT2D eigenvalue weighted by Crippen LogP contribution is -2.09. The van der Waals surface area contributed by atoms with Gasteiger partial charge in [-0.05, 0) is 48.7 Å². The van der Waals surface area contributed by atoms with E-state index in [9.17, 15) is 0 Å². The highest BCUT2D eigenvalue weighted by Crippen LogP contribution is 2.36. The number of anilines is 2. The second-order valence-electron chi connectivity index (χ2n) is 8.40. The predicted molar refractivity (Wildman–Crippen MR) is 145 cm³/mol. The highest BCUT2D eigenvalue weighted by atomic mass is 15.5. The lowest BCUT2D eigenvalue weighted by atomic mass is 10.0. The summed E-state index contributed by atoms with van der Waals surface area (Å²) in [5, 5.41) is 12.0. The molecule has 0 spiro atoms. The molecule has 6 aromatic rings. The Hall–Kier alpha value is -4.37. The number of benzene rings is 5. The van der Waals surface area contributed by atoms with E-state index in [4.69, 9.17) is 5.10 Å². The minimum atomic E-state index is 0.928. The van der Waals surface area contributed by atoms with E-state index < -0.39 is 0 Å². The molecule has 0 bridgehead atoms. The topological polar surface area (TPSA) is 20.5 Å². The van der Waals surface area contributed by atoms with Crippen LogP contribution in [0.25, 0.3) is 32.6 Å². The largest absolute Gasteiger partial charge is 0.340 e. The number of nitrogens with zero attached hydrogens (tertiary/aromatic N) is 3. The molecule has 3 nitrogen and oxygen atoms in total. The molecule has 1 heterocycles. The fourth-order valence-electron chi connectivity index (χ4n) is 4.92. The maximum atomic E-state index is 5.00. The van der Waals surface area contributed by atoms with Crippen LogP contribution in [0.4, 0.5) is 11.4 Å². The van der Waals surface area contributed by atoms with Crippen LogP contribution in [0.15, 0.2) is 120 Å². The Morgan fingerprint density at radius 2 is 1.21 bits per heavy atom. The summed E-state index contributed by atoms with van der Waals surface area (Å²) in [5.74, 6) is 0. The molecule has 0 saturated carbocycles. The van der Waals surface area contributed by atoms with Gasteiger partial charge in [-0.25, -0.2) is 5.01 Å². The fourth-order valence-corrected chi connectivity index (χ4v) is 4.92. The number of rotatable bonds is 5. The minimum Gasteiger partial charge on any atom is -0.340 e. The van der Waals surface area contributed by atoms with Crippen molar-refractivity contribution in [2.24, 2.45) is 5.10 Å². The van der Waals surface area contributed by atoms with Crippen LogP contribution in [0.5, 0.6) is 0 Å². The van der Waals surface area contributed by atoms with Gasteiger partial charge in [0.1, 0.15) is 0 Å². The molecule has 0 saturated heterocycles. The van der Waals surface area contributed by atoms with Crippen LogP contribution in [0, 0.1) is 0 Å². The summed E-state index contributed by atoms with van der Waals surface area (Å²) in [6, 6.07) is 40.2. The zero-order valence-corrected chi connectivity index (χ0v) is 19.1. The molecule has 0 unspecified atom stereocenters. The van der Waals surface area contributed by atoms with E-state index in [0.29, 0.717) is 0 Å². The Kier molecular flexibility index (Phi) is 5.08. The molecule has 34 heavy (non-hydrogen) atoms. The van der Waals surface area contributed by atoms with Crippen molar-refractivity contribution in [2.45, 2.75) is 13.5 Å². The van der Waals surface area contributed by atoms with E-state index >= 15 is 0 Å². The van der Waals surface area contributed by atoms with Crippen molar-refractivity contribution in [3.63, 3.8) is 0 Å². The first-order valence-corrected chi connectivity index (χ1v) is 11.7. The van der Waals surface area contributed by atoms with Gasteiger partial charge in [-0.1, -0.05) is 78.9 Å². The van der Waals surface area contributed by atoms with Crippen molar-refractivity contribution in [2.75, 3.05) is 5.01 Å². The summed E-state index contributed by atoms with van der Waals surface area (Å²) in [6.45, 7) is 3.14. The van der Waals surface area contributed by atoms with Crippen molar-refractivity contribution in [3.8, 4) is 0 Å². The third-order valence-corrected chi connectivity index (χ3v) is 6.43. The quantitative estimate of drug-likeness (QED) is 0.196. The first kappa shape index (κ1) is 20.3. The van der Waals surface area contributed by atoms with Crippen molar-refractivity contribution >= 4 is 50.2 Å². The van der Waals surface area contributed by atoms with Crippen molar-refractivity contribution in [1.82, 2.24) is 4.57 Å². The van der Waals surface area contributed by atoms with E-state index in [2.05, 4.69) is 90.4 Å². The van der Waals surface area contributed by atoms with Gasteiger partial charge in [0.05, 0.1) is 23.1 Å². The van der Waals surface area contributed by atoms with Gasteiger partial charge in [0.2, 0.25) is 0 Å². The molecule has 0 radical (unpaired) electrons. The molecule has 164 valence electrons. The van der Waals surface area contributed by atoms with Crippen LogP contribution in [-0.4, -0.2) is 10.8 Å². The molecular formula is C31H25N3. The molecule has 0 aliphatic heterocycles. The van der Waals surface area contributed by atoms with Gasteiger partial charge in [-0.3, -0.25) is 0 Å². The molecule has 0 aliphatic carbocycles. The molecule has 0 fully saturated rings. The Morgan fingerprint density at radius 1 is 0.647 bits per heavy atom. The molecular weight excluding hydrogens is 414 g/mol. The van der Waals surface area contributed by atoms with E-state index in [1.165, 1.54) is 32.6 Å². The summed E-state index contributed by atoms with van der Waals surface area (Å²) in [5.41, 5.74) is 5.73. The zero-order valence-electron chi connectivity index (χ0n) is 19.1. The predicted octanol–water partition coefficient (Wildman–Crippen LogP) is 8.14. The first-order valence-electron chi connectivity index (χ1n) is 11.7. The fraction of sp³-hybridized carbons (Fsp3) is 0.0645. The molecule has 0 aliphatic rings. The lowest BCUT2D eigenvalue weighted by molar-refractivity contribution is 0.829. The Labute approximate surface area is 199 Å². The van der Waals surface area contributed by atoms with Gasteiger partial charge >= 0.3 is 0 Å². The molecule has 0 N–H and O–H groups in total. The first-order chi connectivity index (χ1) is 16.8. The maximum Gasteiger partial charge on any atom is 0.0652 e. The Morgan fingerprint density at radius 3 is 1.85 bits per heavy atom. The minimum absolute atomic E-state index is 0.928. The number of hydrazone groups is 1.